The highest BCUT2D eigenvalue weighted by atomic mass is 16.1. The van der Waals surface area contributed by atoms with Crippen LogP contribution in [0.1, 0.15) is 19.3 Å². The second-order valence-electron chi connectivity index (χ2n) is 2.22. The van der Waals surface area contributed by atoms with Crippen LogP contribution >= 0.6 is 0 Å². The summed E-state index contributed by atoms with van der Waals surface area (Å²) in [5.74, 6) is 2.43. The Balaban J connectivity index is 3.03. The average Bonchev–Trinajstić information content (AvgIpc) is 2.04. The van der Waals surface area contributed by atoms with Crippen LogP contribution in [-0.4, -0.2) is 19.0 Å². The van der Waals surface area contributed by atoms with Gasteiger partial charge in [-0.05, 0) is 12.8 Å². The van der Waals surface area contributed by atoms with Crippen LogP contribution in [0, 0.1) is 12.3 Å². The van der Waals surface area contributed by atoms with E-state index >= 15 is 0 Å². The molecule has 1 amide bonds. The molecule has 0 saturated heterocycles. The molecule has 0 aromatic rings. The molecule has 11 heavy (non-hydrogen) atoms. The maximum Gasteiger partial charge on any atom is 0.233 e. The van der Waals surface area contributed by atoms with Crippen LogP contribution in [0.3, 0.4) is 0 Å². The van der Waals surface area contributed by atoms with Gasteiger partial charge >= 0.3 is 0 Å². The predicted molar refractivity (Wildman–Crippen MR) is 44.7 cm³/mol. The molecule has 0 fully saturated rings. The predicted octanol–water partition coefficient (Wildman–Crippen LogP) is -0.135. The van der Waals surface area contributed by atoms with Gasteiger partial charge < -0.3 is 11.1 Å². The molecule has 62 valence electrons. The van der Waals surface area contributed by atoms with Gasteiger partial charge in [0, 0.05) is 13.0 Å². The molecule has 0 spiro atoms. The standard InChI is InChI=1S/C8H14N2O/c1-2-3-4-5-6-10-8(11)7-9/h1H,3-7,9H2,(H,10,11). The van der Waals surface area contributed by atoms with Crippen LogP contribution in [-0.2, 0) is 4.79 Å². The van der Waals surface area contributed by atoms with E-state index in [0.717, 1.165) is 19.3 Å². The molecule has 0 aliphatic rings. The summed E-state index contributed by atoms with van der Waals surface area (Å²) in [7, 11) is 0. The highest BCUT2D eigenvalue weighted by Crippen LogP contribution is 1.90. The Kier molecular flexibility index (Phi) is 6.45. The first-order chi connectivity index (χ1) is 5.31. The molecule has 0 aromatic carbocycles. The Labute approximate surface area is 67.3 Å². The van der Waals surface area contributed by atoms with E-state index in [2.05, 4.69) is 11.2 Å². The Morgan fingerprint density at radius 2 is 2.27 bits per heavy atom. The van der Waals surface area contributed by atoms with Gasteiger partial charge in [0.05, 0.1) is 6.54 Å². The number of carbonyl (C=O) groups excluding carboxylic acids is 1. The lowest BCUT2D eigenvalue weighted by Gasteiger charge is -2.00. The van der Waals surface area contributed by atoms with Crippen molar-refractivity contribution in [2.24, 2.45) is 5.73 Å². The molecule has 0 rings (SSSR count). The Morgan fingerprint density at radius 1 is 1.55 bits per heavy atom. The van der Waals surface area contributed by atoms with Crippen LogP contribution in [0.2, 0.25) is 0 Å². The van der Waals surface area contributed by atoms with Gasteiger partial charge in [0.2, 0.25) is 5.91 Å². The number of nitrogens with one attached hydrogen (secondary N) is 1. The molecular formula is C8H14N2O. The minimum absolute atomic E-state index is 0.0646. The first kappa shape index (κ1) is 9.99. The Morgan fingerprint density at radius 3 is 2.82 bits per heavy atom. The molecule has 3 heteroatoms. The van der Waals surface area contributed by atoms with Gasteiger partial charge in [0.15, 0.2) is 0 Å². The van der Waals surface area contributed by atoms with E-state index in [0.29, 0.717) is 6.54 Å². The number of unbranched alkanes of at least 4 members (excludes halogenated alkanes) is 2. The molecule has 0 saturated carbocycles. The van der Waals surface area contributed by atoms with E-state index < -0.39 is 0 Å². The first-order valence-electron chi connectivity index (χ1n) is 3.71. The molecule has 0 radical (unpaired) electrons. The Hall–Kier alpha value is -1.01. The average molecular weight is 154 g/mol. The third kappa shape index (κ3) is 6.88. The van der Waals surface area contributed by atoms with Gasteiger partial charge in [-0.15, -0.1) is 12.3 Å². The first-order valence-corrected chi connectivity index (χ1v) is 3.71. The molecule has 0 unspecified atom stereocenters. The van der Waals surface area contributed by atoms with Crippen LogP contribution in [0.25, 0.3) is 0 Å². The lowest BCUT2D eigenvalue weighted by molar-refractivity contribution is -0.119. The lowest BCUT2D eigenvalue weighted by atomic mass is 10.2. The molecule has 0 bridgehead atoms. The van der Waals surface area contributed by atoms with Crippen LogP contribution in [0.5, 0.6) is 0 Å². The van der Waals surface area contributed by atoms with Gasteiger partial charge in [-0.2, -0.15) is 0 Å². The second kappa shape index (κ2) is 7.10. The van der Waals surface area contributed by atoms with Crippen molar-refractivity contribution in [1.29, 1.82) is 0 Å². The number of hydrogen-bond acceptors (Lipinski definition) is 2. The van der Waals surface area contributed by atoms with Crippen molar-refractivity contribution < 1.29 is 4.79 Å². The number of amides is 1. The summed E-state index contributed by atoms with van der Waals surface area (Å²) < 4.78 is 0. The summed E-state index contributed by atoms with van der Waals surface area (Å²) in [6, 6.07) is 0. The van der Waals surface area contributed by atoms with Gasteiger partial charge in [-0.25, -0.2) is 0 Å². The molecule has 0 aliphatic carbocycles. The summed E-state index contributed by atoms with van der Waals surface area (Å²) in [5, 5.41) is 2.66. The van der Waals surface area contributed by atoms with Crippen molar-refractivity contribution in [2.45, 2.75) is 19.3 Å². The summed E-state index contributed by atoms with van der Waals surface area (Å²) >= 11 is 0. The maximum atomic E-state index is 10.6. The van der Waals surface area contributed by atoms with E-state index in [-0.39, 0.29) is 12.5 Å². The van der Waals surface area contributed by atoms with Gasteiger partial charge in [-0.3, -0.25) is 4.79 Å². The van der Waals surface area contributed by atoms with Crippen molar-refractivity contribution >= 4 is 5.91 Å². The number of hydrogen-bond donors (Lipinski definition) is 2. The smallest absolute Gasteiger partial charge is 0.233 e. The van der Waals surface area contributed by atoms with E-state index in [1.807, 2.05) is 0 Å². The zero-order valence-electron chi connectivity index (χ0n) is 6.60. The van der Waals surface area contributed by atoms with E-state index in [1.165, 1.54) is 0 Å². The van der Waals surface area contributed by atoms with E-state index in [9.17, 15) is 4.79 Å². The molecule has 3 N–H and O–H groups in total. The molecule has 0 atom stereocenters. The van der Waals surface area contributed by atoms with E-state index in [1.54, 1.807) is 0 Å². The number of nitrogens with two attached hydrogens (primary N) is 1. The van der Waals surface area contributed by atoms with Gasteiger partial charge in [0.1, 0.15) is 0 Å². The van der Waals surface area contributed by atoms with Gasteiger partial charge in [0.25, 0.3) is 0 Å². The maximum absolute atomic E-state index is 10.6. The zero-order valence-corrected chi connectivity index (χ0v) is 6.60. The topological polar surface area (TPSA) is 55.1 Å². The molecule has 0 aromatic heterocycles. The zero-order chi connectivity index (χ0) is 8.53. The summed E-state index contributed by atoms with van der Waals surface area (Å²) in [4.78, 5) is 10.6. The quantitative estimate of drug-likeness (QED) is 0.428. The van der Waals surface area contributed by atoms with Crippen molar-refractivity contribution in [3.05, 3.63) is 0 Å². The fourth-order valence-corrected chi connectivity index (χ4v) is 0.652. The number of carbonyl (C=O) groups is 1. The third-order valence-corrected chi connectivity index (χ3v) is 1.26. The summed E-state index contributed by atoms with van der Waals surface area (Å²) in [5.41, 5.74) is 5.07. The number of rotatable bonds is 5. The van der Waals surface area contributed by atoms with E-state index in [4.69, 9.17) is 12.2 Å². The van der Waals surface area contributed by atoms with Gasteiger partial charge in [-0.1, -0.05) is 0 Å². The summed E-state index contributed by atoms with van der Waals surface area (Å²) in [6.45, 7) is 0.743. The molecular weight excluding hydrogens is 140 g/mol. The lowest BCUT2D eigenvalue weighted by Crippen LogP contribution is -2.30. The minimum atomic E-state index is -0.106. The molecule has 0 heterocycles. The highest BCUT2D eigenvalue weighted by molar-refractivity contribution is 5.77. The highest BCUT2D eigenvalue weighted by Gasteiger charge is 1.93. The number of terminal acetylenes is 1. The largest absolute Gasteiger partial charge is 0.355 e. The fourth-order valence-electron chi connectivity index (χ4n) is 0.652. The molecule has 0 aliphatic heterocycles. The Bertz CT molecular complexity index is 149. The molecule has 3 nitrogen and oxygen atoms in total. The fraction of sp³-hybridized carbons (Fsp3) is 0.625. The summed E-state index contributed by atoms with van der Waals surface area (Å²) in [6.07, 6.45) is 7.70. The van der Waals surface area contributed by atoms with Crippen LogP contribution in [0.4, 0.5) is 0 Å². The third-order valence-electron chi connectivity index (χ3n) is 1.26. The van der Waals surface area contributed by atoms with Crippen molar-refractivity contribution in [3.8, 4) is 12.3 Å². The monoisotopic (exact) mass is 154 g/mol. The van der Waals surface area contributed by atoms with Crippen LogP contribution in [0.15, 0.2) is 0 Å². The van der Waals surface area contributed by atoms with Crippen LogP contribution < -0.4 is 11.1 Å². The normalized spacial score (nSPS) is 8.73. The SMILES string of the molecule is C#CCCCCNC(=O)CN. The second-order valence-corrected chi connectivity index (χ2v) is 2.22. The van der Waals surface area contributed by atoms with Crippen molar-refractivity contribution in [1.82, 2.24) is 5.32 Å². The van der Waals surface area contributed by atoms with Crippen molar-refractivity contribution in [2.75, 3.05) is 13.1 Å². The minimum Gasteiger partial charge on any atom is -0.355 e. The van der Waals surface area contributed by atoms with Crippen molar-refractivity contribution in [3.63, 3.8) is 0 Å².